The van der Waals surface area contributed by atoms with Crippen molar-refractivity contribution in [3.8, 4) is 5.69 Å². The summed E-state index contributed by atoms with van der Waals surface area (Å²) in [5.74, 6) is 0.0817. The zero-order valence-corrected chi connectivity index (χ0v) is 12.5. The van der Waals surface area contributed by atoms with E-state index in [-0.39, 0.29) is 5.91 Å². The second kappa shape index (κ2) is 5.68. The summed E-state index contributed by atoms with van der Waals surface area (Å²) in [6, 6.07) is 6.12. The Morgan fingerprint density at radius 1 is 1.24 bits per heavy atom. The molecular weight excluding hydrogens is 264 g/mol. The molecular formula is C16H20N4O. The van der Waals surface area contributed by atoms with Gasteiger partial charge in [0.05, 0.1) is 23.6 Å². The molecule has 1 aliphatic heterocycles. The van der Waals surface area contributed by atoms with Gasteiger partial charge in [0.2, 0.25) is 0 Å². The van der Waals surface area contributed by atoms with E-state index in [1.807, 2.05) is 30.0 Å². The van der Waals surface area contributed by atoms with Crippen LogP contribution in [0.5, 0.6) is 0 Å². The number of likely N-dealkylation sites (tertiary alicyclic amines) is 1. The minimum absolute atomic E-state index is 0.0817. The Morgan fingerprint density at radius 3 is 2.71 bits per heavy atom. The Labute approximate surface area is 124 Å². The summed E-state index contributed by atoms with van der Waals surface area (Å²) in [5.41, 5.74) is 2.49. The van der Waals surface area contributed by atoms with E-state index in [0.29, 0.717) is 11.6 Å². The van der Waals surface area contributed by atoms with Crippen LogP contribution in [0, 0.1) is 6.92 Å². The minimum Gasteiger partial charge on any atom is -0.336 e. The summed E-state index contributed by atoms with van der Waals surface area (Å²) in [6.45, 7) is 4.95. The Balaban J connectivity index is 2.00. The molecule has 2 heterocycles. The zero-order chi connectivity index (χ0) is 14.8. The zero-order valence-electron chi connectivity index (χ0n) is 12.5. The van der Waals surface area contributed by atoms with Crippen molar-refractivity contribution in [2.75, 3.05) is 6.54 Å². The average Bonchev–Trinajstić information content (AvgIpc) is 3.01. The molecule has 1 aromatic carbocycles. The van der Waals surface area contributed by atoms with E-state index in [0.717, 1.165) is 30.6 Å². The van der Waals surface area contributed by atoms with Crippen molar-refractivity contribution in [2.24, 2.45) is 0 Å². The second-order valence-electron chi connectivity index (χ2n) is 5.68. The van der Waals surface area contributed by atoms with E-state index in [1.54, 1.807) is 12.4 Å². The van der Waals surface area contributed by atoms with Gasteiger partial charge in [-0.05, 0) is 45.2 Å². The maximum absolute atomic E-state index is 12.9. The van der Waals surface area contributed by atoms with Crippen molar-refractivity contribution in [3.05, 3.63) is 41.7 Å². The van der Waals surface area contributed by atoms with E-state index in [1.165, 1.54) is 11.2 Å². The van der Waals surface area contributed by atoms with E-state index < -0.39 is 0 Å². The van der Waals surface area contributed by atoms with Gasteiger partial charge in [-0.15, -0.1) is 0 Å². The molecule has 2 aromatic rings. The molecule has 1 atom stereocenters. The van der Waals surface area contributed by atoms with Gasteiger partial charge in [0.25, 0.3) is 5.91 Å². The van der Waals surface area contributed by atoms with Gasteiger partial charge in [-0.1, -0.05) is 11.6 Å². The first-order valence-corrected chi connectivity index (χ1v) is 7.45. The quantitative estimate of drug-likeness (QED) is 0.851. The Hall–Kier alpha value is -2.17. The number of hydrogen-bond acceptors (Lipinski definition) is 3. The van der Waals surface area contributed by atoms with Crippen LogP contribution in [0.1, 0.15) is 42.1 Å². The van der Waals surface area contributed by atoms with Crippen LogP contribution in [0.15, 0.2) is 30.6 Å². The van der Waals surface area contributed by atoms with Crippen molar-refractivity contribution in [1.29, 1.82) is 0 Å². The minimum atomic E-state index is 0.0817. The molecule has 0 N–H and O–H groups in total. The number of benzene rings is 1. The number of aromatic nitrogens is 3. The Bertz CT molecular complexity index is 636. The number of hydrogen-bond donors (Lipinski definition) is 0. The van der Waals surface area contributed by atoms with Gasteiger partial charge >= 0.3 is 0 Å². The number of amides is 1. The summed E-state index contributed by atoms with van der Waals surface area (Å²) in [6.07, 6.45) is 6.60. The van der Waals surface area contributed by atoms with Gasteiger partial charge in [-0.2, -0.15) is 15.0 Å². The van der Waals surface area contributed by atoms with E-state index in [4.69, 9.17) is 0 Å². The summed E-state index contributed by atoms with van der Waals surface area (Å²) in [4.78, 5) is 16.4. The molecule has 1 saturated heterocycles. The first-order valence-electron chi connectivity index (χ1n) is 7.45. The molecule has 1 amide bonds. The molecule has 5 heteroatoms. The summed E-state index contributed by atoms with van der Waals surface area (Å²) < 4.78 is 0. The van der Waals surface area contributed by atoms with Gasteiger partial charge in [0.1, 0.15) is 0 Å². The third-order valence-corrected chi connectivity index (χ3v) is 4.08. The third kappa shape index (κ3) is 2.68. The number of carbonyl (C=O) groups is 1. The van der Waals surface area contributed by atoms with Crippen molar-refractivity contribution < 1.29 is 4.79 Å². The largest absolute Gasteiger partial charge is 0.336 e. The van der Waals surface area contributed by atoms with Crippen LogP contribution >= 0.6 is 0 Å². The van der Waals surface area contributed by atoms with Crippen molar-refractivity contribution in [2.45, 2.75) is 39.2 Å². The molecule has 3 rings (SSSR count). The lowest BCUT2D eigenvalue weighted by atomic mass is 10.0. The van der Waals surface area contributed by atoms with Gasteiger partial charge in [0, 0.05) is 12.6 Å². The van der Waals surface area contributed by atoms with E-state index in [9.17, 15) is 4.79 Å². The first-order chi connectivity index (χ1) is 10.2. The summed E-state index contributed by atoms with van der Waals surface area (Å²) >= 11 is 0. The molecule has 0 saturated carbocycles. The fourth-order valence-corrected chi connectivity index (χ4v) is 2.89. The van der Waals surface area contributed by atoms with E-state index >= 15 is 0 Å². The standard InChI is InChI=1S/C16H20N4O/c1-12-6-7-15(20-17-8-9-18-20)14(11-12)16(21)19-10-4-3-5-13(19)2/h6-9,11,13H,3-5,10H2,1-2H3. The van der Waals surface area contributed by atoms with Crippen LogP contribution in [-0.2, 0) is 0 Å². The highest BCUT2D eigenvalue weighted by Gasteiger charge is 2.26. The lowest BCUT2D eigenvalue weighted by Crippen LogP contribution is -2.42. The van der Waals surface area contributed by atoms with Crippen LogP contribution in [-0.4, -0.2) is 38.4 Å². The summed E-state index contributed by atoms with van der Waals surface area (Å²) in [7, 11) is 0. The third-order valence-electron chi connectivity index (χ3n) is 4.08. The molecule has 1 aliphatic rings. The van der Waals surface area contributed by atoms with Crippen LogP contribution < -0.4 is 0 Å². The highest BCUT2D eigenvalue weighted by Crippen LogP contribution is 2.23. The average molecular weight is 284 g/mol. The smallest absolute Gasteiger partial charge is 0.256 e. The van der Waals surface area contributed by atoms with Gasteiger partial charge in [0.15, 0.2) is 0 Å². The van der Waals surface area contributed by atoms with Gasteiger partial charge in [-0.25, -0.2) is 0 Å². The molecule has 1 aromatic heterocycles. The number of carbonyl (C=O) groups excluding carboxylic acids is 1. The fraction of sp³-hybridized carbons (Fsp3) is 0.438. The van der Waals surface area contributed by atoms with Gasteiger partial charge < -0.3 is 4.90 Å². The van der Waals surface area contributed by atoms with Gasteiger partial charge in [-0.3, -0.25) is 4.79 Å². The molecule has 0 aliphatic carbocycles. The molecule has 110 valence electrons. The molecule has 1 unspecified atom stereocenters. The van der Waals surface area contributed by atoms with E-state index in [2.05, 4.69) is 17.1 Å². The predicted octanol–water partition coefficient (Wildman–Crippen LogP) is 2.59. The molecule has 0 radical (unpaired) electrons. The Kier molecular flexibility index (Phi) is 3.73. The molecule has 0 bridgehead atoms. The lowest BCUT2D eigenvalue weighted by Gasteiger charge is -2.33. The van der Waals surface area contributed by atoms with Crippen LogP contribution in [0.25, 0.3) is 5.69 Å². The van der Waals surface area contributed by atoms with Crippen molar-refractivity contribution in [1.82, 2.24) is 19.9 Å². The molecule has 1 fully saturated rings. The van der Waals surface area contributed by atoms with Crippen LogP contribution in [0.2, 0.25) is 0 Å². The topological polar surface area (TPSA) is 51.0 Å². The second-order valence-corrected chi connectivity index (χ2v) is 5.68. The number of nitrogens with zero attached hydrogens (tertiary/aromatic N) is 4. The maximum Gasteiger partial charge on any atom is 0.256 e. The Morgan fingerprint density at radius 2 is 2.00 bits per heavy atom. The number of rotatable bonds is 2. The molecule has 21 heavy (non-hydrogen) atoms. The number of piperidine rings is 1. The lowest BCUT2D eigenvalue weighted by molar-refractivity contribution is 0.0635. The normalized spacial score (nSPS) is 18.8. The van der Waals surface area contributed by atoms with Crippen molar-refractivity contribution >= 4 is 5.91 Å². The first kappa shape index (κ1) is 13.8. The fourth-order valence-electron chi connectivity index (χ4n) is 2.89. The highest BCUT2D eigenvalue weighted by atomic mass is 16.2. The van der Waals surface area contributed by atoms with Crippen LogP contribution in [0.3, 0.4) is 0 Å². The molecule has 0 spiro atoms. The maximum atomic E-state index is 12.9. The number of aryl methyl sites for hydroxylation is 1. The predicted molar refractivity (Wildman–Crippen MR) is 80.4 cm³/mol. The molecule has 5 nitrogen and oxygen atoms in total. The highest BCUT2D eigenvalue weighted by molar-refractivity contribution is 5.98. The monoisotopic (exact) mass is 284 g/mol. The summed E-state index contributed by atoms with van der Waals surface area (Å²) in [5, 5.41) is 8.32. The van der Waals surface area contributed by atoms with Crippen molar-refractivity contribution in [3.63, 3.8) is 0 Å². The SMILES string of the molecule is Cc1ccc(-n2nccn2)c(C(=O)N2CCCCC2C)c1. The van der Waals surface area contributed by atoms with Crippen LogP contribution in [0.4, 0.5) is 0 Å².